The van der Waals surface area contributed by atoms with Crippen molar-refractivity contribution in [3.8, 4) is 5.69 Å². The van der Waals surface area contributed by atoms with Crippen molar-refractivity contribution in [2.24, 2.45) is 0 Å². The van der Waals surface area contributed by atoms with E-state index in [9.17, 15) is 9.59 Å². The van der Waals surface area contributed by atoms with Gasteiger partial charge in [-0.05, 0) is 29.8 Å². The molecule has 0 aliphatic carbocycles. The molecule has 1 aromatic carbocycles. The van der Waals surface area contributed by atoms with Crippen molar-refractivity contribution in [1.29, 1.82) is 0 Å². The number of nitrogens with zero attached hydrogens (tertiary/aromatic N) is 5. The number of pyridine rings is 1. The summed E-state index contributed by atoms with van der Waals surface area (Å²) < 4.78 is 3.22. The molecule has 10 heteroatoms. The highest BCUT2D eigenvalue weighted by molar-refractivity contribution is 7.99. The highest BCUT2D eigenvalue weighted by atomic mass is 35.5. The number of hydrogen-bond donors (Lipinski definition) is 1. The first-order chi connectivity index (χ1) is 15.1. The van der Waals surface area contributed by atoms with Gasteiger partial charge >= 0.3 is 0 Å². The smallest absolute Gasteiger partial charge is 0.265 e. The summed E-state index contributed by atoms with van der Waals surface area (Å²) in [5.41, 5.74) is 1.94. The lowest BCUT2D eigenvalue weighted by molar-refractivity contribution is -0.121. The Balaban J connectivity index is 1.40. The van der Waals surface area contributed by atoms with Gasteiger partial charge < -0.3 is 5.32 Å². The third-order valence-corrected chi connectivity index (χ3v) is 6.39. The van der Waals surface area contributed by atoms with Crippen LogP contribution in [0.15, 0.2) is 64.9 Å². The summed E-state index contributed by atoms with van der Waals surface area (Å²) in [4.78, 5) is 34.4. The minimum Gasteiger partial charge on any atom is -0.352 e. The number of carbonyl (C=O) groups excluding carboxylic acids is 1. The fourth-order valence-electron chi connectivity index (χ4n) is 3.57. The Kier molecular flexibility index (Phi) is 5.21. The van der Waals surface area contributed by atoms with Crippen LogP contribution >= 0.6 is 23.4 Å². The monoisotopic (exact) mass is 452 g/mol. The number of aromatic nitrogens is 5. The molecule has 4 heterocycles. The lowest BCUT2D eigenvalue weighted by Gasteiger charge is -2.13. The largest absolute Gasteiger partial charge is 0.352 e. The Morgan fingerprint density at radius 1 is 1.26 bits per heavy atom. The molecule has 3 aromatic heterocycles. The average molecular weight is 453 g/mol. The highest BCUT2D eigenvalue weighted by Crippen LogP contribution is 2.33. The first kappa shape index (κ1) is 19.8. The normalized spacial score (nSPS) is 15.2. The molecule has 0 saturated heterocycles. The Morgan fingerprint density at radius 3 is 2.97 bits per heavy atom. The second-order valence-electron chi connectivity index (χ2n) is 7.15. The van der Waals surface area contributed by atoms with Crippen LogP contribution in [0.4, 0.5) is 0 Å². The summed E-state index contributed by atoms with van der Waals surface area (Å²) in [7, 11) is 0. The summed E-state index contributed by atoms with van der Waals surface area (Å²) in [6, 6.07) is 10.7. The zero-order valence-electron chi connectivity index (χ0n) is 16.2. The lowest BCUT2D eigenvalue weighted by Crippen LogP contribution is -2.30. The SMILES string of the molecule is O=C(CC1CSc2nc3c(cnn3-c3cccc(Cl)c3)c(=O)n21)NCc1cccnc1. The van der Waals surface area contributed by atoms with E-state index in [4.69, 9.17) is 11.6 Å². The van der Waals surface area contributed by atoms with Gasteiger partial charge in [-0.25, -0.2) is 9.67 Å². The van der Waals surface area contributed by atoms with E-state index >= 15 is 0 Å². The maximum Gasteiger partial charge on any atom is 0.265 e. The van der Waals surface area contributed by atoms with Crippen LogP contribution in [0, 0.1) is 0 Å². The zero-order valence-corrected chi connectivity index (χ0v) is 17.8. The second kappa shape index (κ2) is 8.16. The van der Waals surface area contributed by atoms with Gasteiger partial charge in [0.2, 0.25) is 5.91 Å². The molecule has 1 N–H and O–H groups in total. The van der Waals surface area contributed by atoms with Gasteiger partial charge in [-0.2, -0.15) is 5.10 Å². The first-order valence-corrected chi connectivity index (χ1v) is 11.0. The molecule has 1 amide bonds. The molecule has 0 fully saturated rings. The summed E-state index contributed by atoms with van der Waals surface area (Å²) in [5, 5.41) is 8.81. The van der Waals surface area contributed by atoms with E-state index in [-0.39, 0.29) is 23.9 Å². The third kappa shape index (κ3) is 3.82. The number of carbonyl (C=O) groups is 1. The van der Waals surface area contributed by atoms with Crippen LogP contribution in [0.5, 0.6) is 0 Å². The van der Waals surface area contributed by atoms with E-state index in [1.165, 1.54) is 18.0 Å². The molecule has 1 atom stereocenters. The van der Waals surface area contributed by atoms with Gasteiger partial charge in [-0.1, -0.05) is 35.5 Å². The number of fused-ring (bicyclic) bond motifs is 2. The molecule has 1 aliphatic rings. The van der Waals surface area contributed by atoms with Crippen LogP contribution in [0.25, 0.3) is 16.7 Å². The zero-order chi connectivity index (χ0) is 21.4. The molecule has 1 unspecified atom stereocenters. The van der Waals surface area contributed by atoms with E-state index in [1.54, 1.807) is 33.8 Å². The number of amides is 1. The van der Waals surface area contributed by atoms with Crippen LogP contribution in [-0.4, -0.2) is 36.0 Å². The Hall–Kier alpha value is -3.17. The number of thioether (sulfide) groups is 1. The van der Waals surface area contributed by atoms with Crippen LogP contribution in [0.1, 0.15) is 18.0 Å². The third-order valence-electron chi connectivity index (χ3n) is 5.06. The maximum atomic E-state index is 13.2. The van der Waals surface area contributed by atoms with E-state index in [0.29, 0.717) is 33.5 Å². The summed E-state index contributed by atoms with van der Waals surface area (Å²) in [6.07, 6.45) is 5.12. The van der Waals surface area contributed by atoms with Gasteiger partial charge in [0.15, 0.2) is 10.8 Å². The number of benzene rings is 1. The van der Waals surface area contributed by atoms with Crippen molar-refractivity contribution in [1.82, 2.24) is 29.6 Å². The minimum absolute atomic E-state index is 0.121. The van der Waals surface area contributed by atoms with Gasteiger partial charge in [0, 0.05) is 36.1 Å². The first-order valence-electron chi connectivity index (χ1n) is 9.65. The predicted molar refractivity (Wildman–Crippen MR) is 119 cm³/mol. The summed E-state index contributed by atoms with van der Waals surface area (Å²) in [5.74, 6) is 0.489. The molecule has 0 bridgehead atoms. The van der Waals surface area contributed by atoms with Crippen LogP contribution < -0.4 is 10.9 Å². The van der Waals surface area contributed by atoms with Crippen LogP contribution in [-0.2, 0) is 11.3 Å². The molecule has 0 saturated carbocycles. The maximum absolute atomic E-state index is 13.2. The second-order valence-corrected chi connectivity index (χ2v) is 8.57. The molecule has 0 spiro atoms. The molecule has 5 rings (SSSR count). The van der Waals surface area contributed by atoms with Crippen molar-refractivity contribution < 1.29 is 4.79 Å². The number of nitrogens with one attached hydrogen (secondary N) is 1. The van der Waals surface area contributed by atoms with Gasteiger partial charge in [0.25, 0.3) is 5.56 Å². The Labute approximate surface area is 186 Å². The van der Waals surface area contributed by atoms with Crippen LogP contribution in [0.3, 0.4) is 0 Å². The molecular formula is C21H17ClN6O2S. The fraction of sp³-hybridized carbons (Fsp3) is 0.190. The fourth-order valence-corrected chi connectivity index (χ4v) is 4.88. The van der Waals surface area contributed by atoms with Gasteiger partial charge in [-0.3, -0.25) is 19.1 Å². The van der Waals surface area contributed by atoms with Crippen molar-refractivity contribution in [2.75, 3.05) is 5.75 Å². The average Bonchev–Trinajstić information content (AvgIpc) is 3.38. The van der Waals surface area contributed by atoms with Gasteiger partial charge in [0.05, 0.1) is 17.9 Å². The Morgan fingerprint density at radius 2 is 2.16 bits per heavy atom. The van der Waals surface area contributed by atoms with Gasteiger partial charge in [-0.15, -0.1) is 0 Å². The molecule has 156 valence electrons. The molecular weight excluding hydrogens is 436 g/mol. The van der Waals surface area contributed by atoms with Crippen molar-refractivity contribution in [2.45, 2.75) is 24.2 Å². The van der Waals surface area contributed by atoms with E-state index in [2.05, 4.69) is 20.4 Å². The number of halogens is 1. The minimum atomic E-state index is -0.257. The number of hydrogen-bond acceptors (Lipinski definition) is 6. The number of rotatable bonds is 5. The molecule has 4 aromatic rings. The van der Waals surface area contributed by atoms with E-state index < -0.39 is 0 Å². The van der Waals surface area contributed by atoms with E-state index in [0.717, 1.165) is 11.3 Å². The molecule has 0 radical (unpaired) electrons. The lowest BCUT2D eigenvalue weighted by atomic mass is 10.2. The highest BCUT2D eigenvalue weighted by Gasteiger charge is 2.29. The molecule has 31 heavy (non-hydrogen) atoms. The standard InChI is InChI=1S/C21H17ClN6O2S/c22-14-4-1-5-15(7-14)28-19-17(11-25-28)20(30)27-16(12-31-21(27)26-19)8-18(29)24-10-13-3-2-6-23-9-13/h1-7,9,11,16H,8,10,12H2,(H,24,29). The van der Waals surface area contributed by atoms with Crippen molar-refractivity contribution in [3.05, 3.63) is 75.9 Å². The summed E-state index contributed by atoms with van der Waals surface area (Å²) in [6.45, 7) is 0.401. The van der Waals surface area contributed by atoms with E-state index in [1.807, 2.05) is 24.3 Å². The van der Waals surface area contributed by atoms with Crippen LogP contribution in [0.2, 0.25) is 5.02 Å². The van der Waals surface area contributed by atoms with Gasteiger partial charge in [0.1, 0.15) is 5.39 Å². The summed E-state index contributed by atoms with van der Waals surface area (Å²) >= 11 is 7.56. The van der Waals surface area contributed by atoms with Crippen molar-refractivity contribution in [3.63, 3.8) is 0 Å². The molecule has 8 nitrogen and oxygen atoms in total. The quantitative estimate of drug-likeness (QED) is 0.468. The Bertz CT molecular complexity index is 1340. The predicted octanol–water partition coefficient (Wildman–Crippen LogP) is 2.98. The van der Waals surface area contributed by atoms with Crippen molar-refractivity contribution >= 4 is 40.3 Å². The molecule has 1 aliphatic heterocycles. The topological polar surface area (TPSA) is 94.7 Å².